The number of carbonyl (C=O) groups excluding carboxylic acids is 2. The Hall–Kier alpha value is -2.41. The third-order valence-electron chi connectivity index (χ3n) is 4.03. The van der Waals surface area contributed by atoms with Gasteiger partial charge in [-0.05, 0) is 39.8 Å². The summed E-state index contributed by atoms with van der Waals surface area (Å²) in [5.74, 6) is -0.324. The first-order valence-electron chi connectivity index (χ1n) is 9.01. The van der Waals surface area contributed by atoms with Gasteiger partial charge in [-0.3, -0.25) is 0 Å². The lowest BCUT2D eigenvalue weighted by Crippen LogP contribution is -2.39. The molecular formula is C20H24N2O4S. The predicted octanol–water partition coefficient (Wildman–Crippen LogP) is 4.28. The highest BCUT2D eigenvalue weighted by atomic mass is 32.1. The van der Waals surface area contributed by atoms with Gasteiger partial charge in [0.2, 0.25) is 0 Å². The van der Waals surface area contributed by atoms with Crippen molar-refractivity contribution in [2.24, 2.45) is 0 Å². The van der Waals surface area contributed by atoms with Crippen molar-refractivity contribution < 1.29 is 19.1 Å². The molecule has 1 amide bonds. The van der Waals surface area contributed by atoms with Crippen molar-refractivity contribution in [2.45, 2.75) is 46.3 Å². The van der Waals surface area contributed by atoms with E-state index in [2.05, 4.69) is 0 Å². The molecule has 0 aliphatic carbocycles. The van der Waals surface area contributed by atoms with Gasteiger partial charge >= 0.3 is 12.1 Å². The average molecular weight is 388 g/mol. The maximum atomic E-state index is 12.3. The molecule has 0 atom stereocenters. The van der Waals surface area contributed by atoms with Gasteiger partial charge in [-0.25, -0.2) is 14.6 Å². The molecule has 144 valence electrons. The minimum Gasteiger partial charge on any atom is -0.462 e. The van der Waals surface area contributed by atoms with E-state index in [0.717, 1.165) is 21.1 Å². The number of thiazole rings is 1. The van der Waals surface area contributed by atoms with E-state index in [-0.39, 0.29) is 12.1 Å². The van der Waals surface area contributed by atoms with Crippen LogP contribution in [-0.4, -0.2) is 40.7 Å². The minimum atomic E-state index is -0.503. The number of amides is 1. The number of hydrogen-bond donors (Lipinski definition) is 0. The molecule has 1 aliphatic rings. The van der Waals surface area contributed by atoms with Crippen LogP contribution in [0, 0.1) is 0 Å². The van der Waals surface area contributed by atoms with Crippen LogP contribution in [0.1, 0.15) is 48.6 Å². The zero-order valence-electron chi connectivity index (χ0n) is 16.1. The summed E-state index contributed by atoms with van der Waals surface area (Å²) in [5.41, 5.74) is 2.00. The maximum Gasteiger partial charge on any atom is 0.410 e. The van der Waals surface area contributed by atoms with Gasteiger partial charge < -0.3 is 14.4 Å². The summed E-state index contributed by atoms with van der Waals surface area (Å²) >= 11 is 1.58. The van der Waals surface area contributed by atoms with Crippen LogP contribution < -0.4 is 0 Å². The van der Waals surface area contributed by atoms with Crippen molar-refractivity contribution in [3.8, 4) is 10.6 Å². The maximum absolute atomic E-state index is 12.3. The molecule has 0 radical (unpaired) electrons. The van der Waals surface area contributed by atoms with Crippen LogP contribution in [0.4, 0.5) is 4.79 Å². The van der Waals surface area contributed by atoms with Gasteiger partial charge in [-0.1, -0.05) is 12.1 Å². The van der Waals surface area contributed by atoms with E-state index in [1.165, 1.54) is 0 Å². The van der Waals surface area contributed by atoms with Crippen LogP contribution in [0.25, 0.3) is 10.6 Å². The number of aromatic nitrogens is 1. The first-order chi connectivity index (χ1) is 12.8. The van der Waals surface area contributed by atoms with Gasteiger partial charge in [-0.15, -0.1) is 11.3 Å². The fraction of sp³-hybridized carbons (Fsp3) is 0.450. The molecule has 0 N–H and O–H groups in total. The Kier molecular flexibility index (Phi) is 5.51. The molecule has 0 fully saturated rings. The Morgan fingerprint density at radius 3 is 2.56 bits per heavy atom. The highest BCUT2D eigenvalue weighted by molar-refractivity contribution is 7.15. The summed E-state index contributed by atoms with van der Waals surface area (Å²) in [6, 6.07) is 7.26. The van der Waals surface area contributed by atoms with Crippen LogP contribution in [0.5, 0.6) is 0 Å². The van der Waals surface area contributed by atoms with Crippen LogP contribution in [0.15, 0.2) is 24.3 Å². The molecule has 0 saturated heterocycles. The fourth-order valence-corrected chi connectivity index (χ4v) is 3.89. The number of carbonyl (C=O) groups is 2. The zero-order valence-corrected chi connectivity index (χ0v) is 16.9. The number of rotatable bonds is 3. The summed E-state index contributed by atoms with van der Waals surface area (Å²) in [5, 5.41) is 0.890. The third-order valence-corrected chi connectivity index (χ3v) is 5.16. The Morgan fingerprint density at radius 1 is 1.22 bits per heavy atom. The molecule has 2 aromatic rings. The van der Waals surface area contributed by atoms with E-state index in [9.17, 15) is 9.59 Å². The summed E-state index contributed by atoms with van der Waals surface area (Å²) in [7, 11) is 0. The van der Waals surface area contributed by atoms with E-state index >= 15 is 0 Å². The van der Waals surface area contributed by atoms with Crippen molar-refractivity contribution in [3.63, 3.8) is 0 Å². The van der Waals surface area contributed by atoms with E-state index in [4.69, 9.17) is 14.5 Å². The standard InChI is InChI=1S/C20H24N2O4S/c1-5-25-18(23)14-8-6-13(7-9-14)17-21-15-10-11-22(12-16(15)27-17)19(24)26-20(2,3)4/h6-9H,5,10-12H2,1-4H3. The third kappa shape index (κ3) is 4.66. The molecule has 6 nitrogen and oxygen atoms in total. The Bertz CT molecular complexity index is 837. The first kappa shape index (κ1) is 19.4. The molecular weight excluding hydrogens is 364 g/mol. The number of hydrogen-bond acceptors (Lipinski definition) is 6. The summed E-state index contributed by atoms with van der Waals surface area (Å²) < 4.78 is 10.5. The first-order valence-corrected chi connectivity index (χ1v) is 9.82. The molecule has 7 heteroatoms. The van der Waals surface area contributed by atoms with Crippen LogP contribution in [0.3, 0.4) is 0 Å². The van der Waals surface area contributed by atoms with E-state index in [1.807, 2.05) is 32.9 Å². The number of ether oxygens (including phenoxy) is 2. The quantitative estimate of drug-likeness (QED) is 0.734. The fourth-order valence-electron chi connectivity index (χ4n) is 2.76. The lowest BCUT2D eigenvalue weighted by molar-refractivity contribution is 0.0225. The van der Waals surface area contributed by atoms with Crippen molar-refractivity contribution in [1.29, 1.82) is 0 Å². The monoisotopic (exact) mass is 388 g/mol. The summed E-state index contributed by atoms with van der Waals surface area (Å²) in [6.45, 7) is 8.86. The molecule has 0 bridgehead atoms. The molecule has 3 rings (SSSR count). The Labute approximate surface area is 163 Å². The molecule has 27 heavy (non-hydrogen) atoms. The number of esters is 1. The lowest BCUT2D eigenvalue weighted by Gasteiger charge is -2.29. The van der Waals surface area contributed by atoms with Crippen LogP contribution in [-0.2, 0) is 22.4 Å². The van der Waals surface area contributed by atoms with Crippen molar-refractivity contribution in [1.82, 2.24) is 9.88 Å². The van der Waals surface area contributed by atoms with Gasteiger partial charge in [0.15, 0.2) is 0 Å². The number of benzene rings is 1. The highest BCUT2D eigenvalue weighted by Gasteiger charge is 2.28. The summed E-state index contributed by atoms with van der Waals surface area (Å²) in [6.07, 6.45) is 0.424. The number of nitrogens with zero attached hydrogens (tertiary/aromatic N) is 2. The normalized spacial score (nSPS) is 13.9. The van der Waals surface area contributed by atoms with Crippen molar-refractivity contribution in [3.05, 3.63) is 40.4 Å². The highest BCUT2D eigenvalue weighted by Crippen LogP contribution is 2.32. The Balaban J connectivity index is 1.73. The molecule has 1 aromatic carbocycles. The van der Waals surface area contributed by atoms with Crippen molar-refractivity contribution >= 4 is 23.4 Å². The average Bonchev–Trinajstić information content (AvgIpc) is 3.04. The van der Waals surface area contributed by atoms with Crippen LogP contribution in [0.2, 0.25) is 0 Å². The second kappa shape index (κ2) is 7.68. The lowest BCUT2D eigenvalue weighted by atomic mass is 10.1. The summed E-state index contributed by atoms with van der Waals surface area (Å²) in [4.78, 5) is 31.6. The topological polar surface area (TPSA) is 68.7 Å². The Morgan fingerprint density at radius 2 is 1.93 bits per heavy atom. The SMILES string of the molecule is CCOC(=O)c1ccc(-c2nc3c(s2)CN(C(=O)OC(C)(C)C)CC3)cc1. The molecule has 0 saturated carbocycles. The smallest absolute Gasteiger partial charge is 0.410 e. The largest absolute Gasteiger partial charge is 0.462 e. The minimum absolute atomic E-state index is 0.290. The van der Waals surface area contributed by atoms with E-state index in [0.29, 0.717) is 31.7 Å². The van der Waals surface area contributed by atoms with Gasteiger partial charge in [0.05, 0.1) is 24.4 Å². The molecule has 0 unspecified atom stereocenters. The zero-order chi connectivity index (χ0) is 19.6. The second-order valence-corrected chi connectivity index (χ2v) is 8.42. The predicted molar refractivity (Wildman–Crippen MR) is 104 cm³/mol. The van der Waals surface area contributed by atoms with Gasteiger partial charge in [0.1, 0.15) is 10.6 Å². The molecule has 2 heterocycles. The van der Waals surface area contributed by atoms with E-state index < -0.39 is 5.60 Å². The number of fused-ring (bicyclic) bond motifs is 1. The van der Waals surface area contributed by atoms with Gasteiger partial charge in [-0.2, -0.15) is 0 Å². The molecule has 1 aromatic heterocycles. The van der Waals surface area contributed by atoms with Crippen molar-refractivity contribution in [2.75, 3.05) is 13.2 Å². The van der Waals surface area contributed by atoms with E-state index in [1.54, 1.807) is 35.3 Å². The molecule has 1 aliphatic heterocycles. The van der Waals surface area contributed by atoms with Crippen LogP contribution >= 0.6 is 11.3 Å². The van der Waals surface area contributed by atoms with Gasteiger partial charge in [0.25, 0.3) is 0 Å². The van der Waals surface area contributed by atoms with Gasteiger partial charge in [0, 0.05) is 23.4 Å². The second-order valence-electron chi connectivity index (χ2n) is 7.34. The molecule has 0 spiro atoms.